The summed E-state index contributed by atoms with van der Waals surface area (Å²) in [5.41, 5.74) is 6.87. The predicted molar refractivity (Wildman–Crippen MR) is 95.2 cm³/mol. The van der Waals surface area contributed by atoms with E-state index < -0.39 is 5.41 Å². The van der Waals surface area contributed by atoms with E-state index in [1.54, 1.807) is 14.2 Å². The lowest BCUT2D eigenvalue weighted by Crippen LogP contribution is -2.31. The molecule has 2 atom stereocenters. The number of nitrogens with zero attached hydrogens (tertiary/aromatic N) is 2. The van der Waals surface area contributed by atoms with E-state index in [1.165, 1.54) is 6.42 Å². The van der Waals surface area contributed by atoms with Gasteiger partial charge in [-0.1, -0.05) is 24.1 Å². The van der Waals surface area contributed by atoms with Crippen molar-refractivity contribution in [3.8, 4) is 11.5 Å². The van der Waals surface area contributed by atoms with E-state index >= 15 is 0 Å². The highest BCUT2D eigenvalue weighted by Crippen LogP contribution is 2.37. The predicted octanol–water partition coefficient (Wildman–Crippen LogP) is 3.40. The maximum atomic E-state index is 6.25. The summed E-state index contributed by atoms with van der Waals surface area (Å²) in [6.07, 6.45) is 4.37. The van der Waals surface area contributed by atoms with Gasteiger partial charge in [0, 0.05) is 6.04 Å². The average Bonchev–Trinajstić information content (AvgIpc) is 3.12. The zero-order chi connectivity index (χ0) is 18.0. The van der Waals surface area contributed by atoms with Crippen molar-refractivity contribution in [2.24, 2.45) is 5.73 Å². The van der Waals surface area contributed by atoms with Crippen molar-refractivity contribution in [2.75, 3.05) is 14.2 Å². The van der Waals surface area contributed by atoms with Gasteiger partial charge in [0.25, 0.3) is 0 Å². The molecule has 136 valence electrons. The Balaban J connectivity index is 1.90. The van der Waals surface area contributed by atoms with Gasteiger partial charge in [-0.3, -0.25) is 0 Å². The van der Waals surface area contributed by atoms with Crippen molar-refractivity contribution >= 4 is 0 Å². The fourth-order valence-corrected chi connectivity index (χ4v) is 3.46. The number of aromatic nitrogens is 2. The van der Waals surface area contributed by atoms with Gasteiger partial charge < -0.3 is 19.7 Å². The molecule has 0 radical (unpaired) electrons. The minimum Gasteiger partial charge on any atom is -0.493 e. The molecule has 2 aromatic rings. The zero-order valence-corrected chi connectivity index (χ0v) is 15.4. The Labute approximate surface area is 148 Å². The van der Waals surface area contributed by atoms with Crippen LogP contribution in [0.2, 0.25) is 0 Å². The molecule has 6 nitrogen and oxygen atoms in total. The Morgan fingerprint density at radius 3 is 2.52 bits per heavy atom. The summed E-state index contributed by atoms with van der Waals surface area (Å²) in [5.74, 6) is 2.87. The molecule has 1 aromatic heterocycles. The highest BCUT2D eigenvalue weighted by atomic mass is 16.5. The van der Waals surface area contributed by atoms with Gasteiger partial charge in [0.15, 0.2) is 17.3 Å². The molecule has 0 bridgehead atoms. The molecule has 3 rings (SSSR count). The number of methoxy groups -OCH3 is 2. The first-order valence-electron chi connectivity index (χ1n) is 8.79. The van der Waals surface area contributed by atoms with Crippen molar-refractivity contribution < 1.29 is 14.0 Å². The van der Waals surface area contributed by atoms with E-state index in [0.717, 1.165) is 24.8 Å². The average molecular weight is 345 g/mol. The van der Waals surface area contributed by atoms with Gasteiger partial charge in [0.2, 0.25) is 5.89 Å². The number of hydrogen-bond acceptors (Lipinski definition) is 6. The Hall–Kier alpha value is -2.08. The zero-order valence-electron chi connectivity index (χ0n) is 15.4. The SMILES string of the molecule is COc1ccc(C(C)(C)c2noc([C@@H]3CCCC[C@@H]3N)n2)cc1OC. The highest BCUT2D eigenvalue weighted by Gasteiger charge is 2.33. The molecule has 0 aliphatic heterocycles. The summed E-state index contributed by atoms with van der Waals surface area (Å²) < 4.78 is 16.3. The normalized spacial score (nSPS) is 21.2. The molecular weight excluding hydrogens is 318 g/mol. The van der Waals surface area contributed by atoms with E-state index in [4.69, 9.17) is 24.7 Å². The minimum absolute atomic E-state index is 0.103. The second-order valence-electron chi connectivity index (χ2n) is 7.21. The summed E-state index contributed by atoms with van der Waals surface area (Å²) >= 11 is 0. The largest absolute Gasteiger partial charge is 0.493 e. The number of rotatable bonds is 5. The van der Waals surface area contributed by atoms with Crippen LogP contribution in [0.25, 0.3) is 0 Å². The summed E-state index contributed by atoms with van der Waals surface area (Å²) in [7, 11) is 3.26. The summed E-state index contributed by atoms with van der Waals surface area (Å²) in [6.45, 7) is 4.15. The molecule has 6 heteroatoms. The Morgan fingerprint density at radius 1 is 1.12 bits per heavy atom. The van der Waals surface area contributed by atoms with Crippen LogP contribution in [0.3, 0.4) is 0 Å². The van der Waals surface area contributed by atoms with Crippen LogP contribution in [0.1, 0.15) is 62.7 Å². The van der Waals surface area contributed by atoms with Crippen LogP contribution in [-0.2, 0) is 5.41 Å². The molecule has 1 aromatic carbocycles. The van der Waals surface area contributed by atoms with E-state index in [9.17, 15) is 0 Å². The number of hydrogen-bond donors (Lipinski definition) is 1. The molecule has 0 unspecified atom stereocenters. The molecule has 1 saturated carbocycles. The monoisotopic (exact) mass is 345 g/mol. The second kappa shape index (κ2) is 7.04. The van der Waals surface area contributed by atoms with Gasteiger partial charge in [-0.2, -0.15) is 4.98 Å². The number of benzene rings is 1. The van der Waals surface area contributed by atoms with Crippen molar-refractivity contribution in [1.82, 2.24) is 10.1 Å². The maximum Gasteiger partial charge on any atom is 0.231 e. The van der Waals surface area contributed by atoms with E-state index in [2.05, 4.69) is 19.0 Å². The first kappa shape index (κ1) is 17.7. The maximum absolute atomic E-state index is 6.25. The Bertz CT molecular complexity index is 726. The molecule has 1 fully saturated rings. The van der Waals surface area contributed by atoms with Crippen LogP contribution < -0.4 is 15.2 Å². The minimum atomic E-state index is -0.417. The van der Waals surface area contributed by atoms with Crippen LogP contribution in [0.15, 0.2) is 22.7 Å². The number of nitrogens with two attached hydrogens (primary N) is 1. The van der Waals surface area contributed by atoms with E-state index in [1.807, 2.05) is 18.2 Å². The van der Waals surface area contributed by atoms with Crippen LogP contribution in [-0.4, -0.2) is 30.4 Å². The Morgan fingerprint density at radius 2 is 1.84 bits per heavy atom. The molecule has 25 heavy (non-hydrogen) atoms. The molecule has 0 spiro atoms. The molecule has 0 amide bonds. The lowest BCUT2D eigenvalue weighted by molar-refractivity contribution is 0.288. The van der Waals surface area contributed by atoms with Crippen LogP contribution in [0, 0.1) is 0 Å². The summed E-state index contributed by atoms with van der Waals surface area (Å²) in [6, 6.07) is 5.96. The number of ether oxygens (including phenoxy) is 2. The van der Waals surface area contributed by atoms with E-state index in [-0.39, 0.29) is 12.0 Å². The molecule has 1 heterocycles. The van der Waals surface area contributed by atoms with Crippen LogP contribution in [0.4, 0.5) is 0 Å². The van der Waals surface area contributed by atoms with Gasteiger partial charge in [-0.15, -0.1) is 0 Å². The van der Waals surface area contributed by atoms with Crippen molar-refractivity contribution in [1.29, 1.82) is 0 Å². The van der Waals surface area contributed by atoms with Gasteiger partial charge in [-0.25, -0.2) is 0 Å². The fraction of sp³-hybridized carbons (Fsp3) is 0.579. The van der Waals surface area contributed by atoms with Crippen molar-refractivity contribution in [3.63, 3.8) is 0 Å². The van der Waals surface area contributed by atoms with Gasteiger partial charge >= 0.3 is 0 Å². The van der Waals surface area contributed by atoms with Crippen LogP contribution >= 0.6 is 0 Å². The third kappa shape index (κ3) is 3.35. The summed E-state index contributed by atoms with van der Waals surface area (Å²) in [5, 5.41) is 4.26. The first-order chi connectivity index (χ1) is 12.0. The lowest BCUT2D eigenvalue weighted by Gasteiger charge is -2.25. The van der Waals surface area contributed by atoms with Gasteiger partial charge in [-0.05, 0) is 44.4 Å². The molecular formula is C19H27N3O3. The first-order valence-corrected chi connectivity index (χ1v) is 8.79. The smallest absolute Gasteiger partial charge is 0.231 e. The fourth-order valence-electron chi connectivity index (χ4n) is 3.46. The molecule has 1 aliphatic rings. The van der Waals surface area contributed by atoms with Gasteiger partial charge in [0.1, 0.15) is 0 Å². The van der Waals surface area contributed by atoms with E-state index in [0.29, 0.717) is 23.2 Å². The van der Waals surface area contributed by atoms with Crippen LogP contribution in [0.5, 0.6) is 11.5 Å². The molecule has 0 saturated heterocycles. The third-order valence-corrected chi connectivity index (χ3v) is 5.24. The standard InChI is InChI=1S/C19H27N3O3/c1-19(2,12-9-10-15(23-3)16(11-12)24-4)18-21-17(25-22-18)13-7-5-6-8-14(13)20/h9-11,13-14H,5-8,20H2,1-4H3/t13-,14+/m1/s1. The lowest BCUT2D eigenvalue weighted by atomic mass is 9.83. The molecule has 2 N–H and O–H groups in total. The third-order valence-electron chi connectivity index (χ3n) is 5.24. The second-order valence-corrected chi connectivity index (χ2v) is 7.21. The molecule has 1 aliphatic carbocycles. The Kier molecular flexibility index (Phi) is 4.99. The van der Waals surface area contributed by atoms with Crippen molar-refractivity contribution in [2.45, 2.75) is 56.9 Å². The highest BCUT2D eigenvalue weighted by molar-refractivity contribution is 5.46. The van der Waals surface area contributed by atoms with Gasteiger partial charge in [0.05, 0.1) is 25.6 Å². The van der Waals surface area contributed by atoms with Crippen molar-refractivity contribution in [3.05, 3.63) is 35.5 Å². The quantitative estimate of drug-likeness (QED) is 0.894. The summed E-state index contributed by atoms with van der Waals surface area (Å²) in [4.78, 5) is 4.70. The topological polar surface area (TPSA) is 83.4 Å².